The smallest absolute Gasteiger partial charge is 0.268 e. The van der Waals surface area contributed by atoms with Crippen LogP contribution in [-0.2, 0) is 13.2 Å². The quantitative estimate of drug-likeness (QED) is 0.427. The Balaban J connectivity index is 1.40. The molecule has 0 bridgehead atoms. The van der Waals surface area contributed by atoms with Crippen molar-refractivity contribution < 1.29 is 14.0 Å². The number of benzene rings is 2. The van der Waals surface area contributed by atoms with Crippen LogP contribution in [0.3, 0.4) is 0 Å². The maximum Gasteiger partial charge on any atom is 0.268 e. The van der Waals surface area contributed by atoms with Crippen LogP contribution in [0, 0.1) is 6.92 Å². The van der Waals surface area contributed by atoms with E-state index in [0.717, 1.165) is 33.2 Å². The van der Waals surface area contributed by atoms with Gasteiger partial charge in [-0.2, -0.15) is 4.98 Å². The summed E-state index contributed by atoms with van der Waals surface area (Å²) < 4.78 is 16.6. The van der Waals surface area contributed by atoms with Crippen LogP contribution in [0.15, 0.2) is 64.5 Å². The third kappa shape index (κ3) is 4.57. The third-order valence-corrected chi connectivity index (χ3v) is 5.31. The van der Waals surface area contributed by atoms with E-state index >= 15 is 0 Å². The molecule has 148 valence electrons. The number of hydrogen-bond donors (Lipinski definition) is 1. The van der Waals surface area contributed by atoms with Crippen molar-refractivity contribution >= 4 is 17.0 Å². The molecule has 2 heterocycles. The normalized spacial score (nSPS) is 10.7. The Bertz CT molecular complexity index is 1080. The molecule has 0 saturated heterocycles. The molecule has 0 atom stereocenters. The number of anilines is 1. The molecule has 4 aromatic rings. The topological polar surface area (TPSA) is 69.4 Å². The number of rotatable bonds is 8. The second-order valence-corrected chi connectivity index (χ2v) is 7.36. The molecule has 2 aromatic heterocycles. The Kier molecular flexibility index (Phi) is 5.76. The molecular formula is C22H21N3O3S. The van der Waals surface area contributed by atoms with E-state index in [4.69, 9.17) is 14.0 Å². The molecule has 0 amide bonds. The summed E-state index contributed by atoms with van der Waals surface area (Å²) in [6, 6.07) is 17.7. The molecular weight excluding hydrogens is 386 g/mol. The first-order valence-electron chi connectivity index (χ1n) is 9.18. The zero-order valence-corrected chi connectivity index (χ0v) is 17.0. The summed E-state index contributed by atoms with van der Waals surface area (Å²) >= 11 is 1.57. The van der Waals surface area contributed by atoms with E-state index in [1.54, 1.807) is 18.4 Å². The highest BCUT2D eigenvalue weighted by Crippen LogP contribution is 2.27. The fourth-order valence-corrected chi connectivity index (χ4v) is 3.53. The SMILES string of the molecule is COc1cccc(COc2cccc(NCc3noc(-c4cccs4)n3)c2C)c1. The Morgan fingerprint density at radius 2 is 2.00 bits per heavy atom. The highest BCUT2D eigenvalue weighted by molar-refractivity contribution is 7.13. The van der Waals surface area contributed by atoms with Crippen molar-refractivity contribution in [3.05, 3.63) is 76.9 Å². The molecule has 0 saturated carbocycles. The minimum absolute atomic E-state index is 0.467. The lowest BCUT2D eigenvalue weighted by Crippen LogP contribution is -2.04. The second kappa shape index (κ2) is 8.79. The lowest BCUT2D eigenvalue weighted by molar-refractivity contribution is 0.303. The molecule has 29 heavy (non-hydrogen) atoms. The Morgan fingerprint density at radius 3 is 2.83 bits per heavy atom. The van der Waals surface area contributed by atoms with Crippen molar-refractivity contribution in [1.82, 2.24) is 10.1 Å². The van der Waals surface area contributed by atoms with Crippen molar-refractivity contribution in [3.63, 3.8) is 0 Å². The standard InChI is InChI=1S/C22H21N3O3S/c1-15-18(23-13-21-24-22(28-25-21)20-10-5-11-29-20)8-4-9-19(15)27-14-16-6-3-7-17(12-16)26-2/h3-12,23H,13-14H2,1-2H3. The Morgan fingerprint density at radius 1 is 1.10 bits per heavy atom. The maximum atomic E-state index is 6.02. The van der Waals surface area contributed by atoms with E-state index in [0.29, 0.717) is 24.9 Å². The van der Waals surface area contributed by atoms with Gasteiger partial charge in [-0.15, -0.1) is 11.3 Å². The van der Waals surface area contributed by atoms with Crippen LogP contribution in [0.25, 0.3) is 10.8 Å². The molecule has 2 aromatic carbocycles. The molecule has 7 heteroatoms. The highest BCUT2D eigenvalue weighted by Gasteiger charge is 2.11. The molecule has 0 unspecified atom stereocenters. The van der Waals surface area contributed by atoms with Crippen LogP contribution in [-0.4, -0.2) is 17.3 Å². The van der Waals surface area contributed by atoms with Gasteiger partial charge in [0.2, 0.25) is 0 Å². The average Bonchev–Trinajstić information content (AvgIpc) is 3.44. The summed E-state index contributed by atoms with van der Waals surface area (Å²) in [6.45, 7) is 2.96. The Labute approximate surface area is 173 Å². The molecule has 6 nitrogen and oxygen atoms in total. The van der Waals surface area contributed by atoms with Crippen LogP contribution < -0.4 is 14.8 Å². The van der Waals surface area contributed by atoms with E-state index < -0.39 is 0 Å². The van der Waals surface area contributed by atoms with Gasteiger partial charge in [0, 0.05) is 11.3 Å². The van der Waals surface area contributed by atoms with Gasteiger partial charge in [-0.1, -0.05) is 29.4 Å². The lowest BCUT2D eigenvalue weighted by Gasteiger charge is -2.14. The van der Waals surface area contributed by atoms with E-state index in [9.17, 15) is 0 Å². The molecule has 0 radical (unpaired) electrons. The van der Waals surface area contributed by atoms with E-state index in [1.165, 1.54) is 0 Å². The summed E-state index contributed by atoms with van der Waals surface area (Å²) in [4.78, 5) is 5.40. The maximum absolute atomic E-state index is 6.02. The van der Waals surface area contributed by atoms with E-state index in [2.05, 4.69) is 15.5 Å². The zero-order chi connectivity index (χ0) is 20.1. The van der Waals surface area contributed by atoms with Crippen molar-refractivity contribution in [3.8, 4) is 22.3 Å². The summed E-state index contributed by atoms with van der Waals surface area (Å²) in [5.41, 5.74) is 3.04. The lowest BCUT2D eigenvalue weighted by atomic mass is 10.1. The molecule has 1 N–H and O–H groups in total. The number of thiophene rings is 1. The van der Waals surface area contributed by atoms with Gasteiger partial charge >= 0.3 is 0 Å². The number of methoxy groups -OCH3 is 1. The summed E-state index contributed by atoms with van der Waals surface area (Å²) in [7, 11) is 1.66. The summed E-state index contributed by atoms with van der Waals surface area (Å²) in [5.74, 6) is 2.80. The summed E-state index contributed by atoms with van der Waals surface area (Å²) in [5, 5.41) is 9.39. The third-order valence-electron chi connectivity index (χ3n) is 4.45. The van der Waals surface area contributed by atoms with Crippen molar-refractivity contribution in [2.24, 2.45) is 0 Å². The van der Waals surface area contributed by atoms with Crippen LogP contribution in [0.1, 0.15) is 17.0 Å². The predicted molar refractivity (Wildman–Crippen MR) is 113 cm³/mol. The number of hydrogen-bond acceptors (Lipinski definition) is 7. The largest absolute Gasteiger partial charge is 0.497 e. The minimum Gasteiger partial charge on any atom is -0.497 e. The van der Waals surface area contributed by atoms with Gasteiger partial charge in [0.1, 0.15) is 18.1 Å². The zero-order valence-electron chi connectivity index (χ0n) is 16.2. The highest BCUT2D eigenvalue weighted by atomic mass is 32.1. The van der Waals surface area contributed by atoms with Crippen molar-refractivity contribution in [2.45, 2.75) is 20.1 Å². The van der Waals surface area contributed by atoms with E-state index in [1.807, 2.05) is 66.9 Å². The van der Waals surface area contributed by atoms with Gasteiger partial charge in [-0.05, 0) is 48.2 Å². The van der Waals surface area contributed by atoms with Gasteiger partial charge in [0.25, 0.3) is 5.89 Å². The first kappa shape index (κ1) is 19.0. The van der Waals surface area contributed by atoms with Crippen LogP contribution in [0.2, 0.25) is 0 Å². The van der Waals surface area contributed by atoms with Crippen molar-refractivity contribution in [2.75, 3.05) is 12.4 Å². The average molecular weight is 407 g/mol. The van der Waals surface area contributed by atoms with Gasteiger partial charge < -0.3 is 19.3 Å². The minimum atomic E-state index is 0.467. The number of nitrogens with one attached hydrogen (secondary N) is 1. The van der Waals surface area contributed by atoms with Crippen LogP contribution in [0.5, 0.6) is 11.5 Å². The molecule has 4 rings (SSSR count). The van der Waals surface area contributed by atoms with Gasteiger partial charge in [0.15, 0.2) is 5.82 Å². The number of nitrogens with zero attached hydrogens (tertiary/aromatic N) is 2. The van der Waals surface area contributed by atoms with Crippen LogP contribution >= 0.6 is 11.3 Å². The van der Waals surface area contributed by atoms with Gasteiger partial charge in [0.05, 0.1) is 18.5 Å². The first-order chi connectivity index (χ1) is 14.2. The number of aromatic nitrogens is 2. The van der Waals surface area contributed by atoms with Gasteiger partial charge in [-0.3, -0.25) is 0 Å². The second-order valence-electron chi connectivity index (χ2n) is 6.42. The predicted octanol–water partition coefficient (Wildman–Crippen LogP) is 5.31. The van der Waals surface area contributed by atoms with Gasteiger partial charge in [-0.25, -0.2) is 0 Å². The first-order valence-corrected chi connectivity index (χ1v) is 10.1. The molecule has 0 fully saturated rings. The summed E-state index contributed by atoms with van der Waals surface area (Å²) in [6.07, 6.45) is 0. The molecule has 0 aliphatic heterocycles. The monoisotopic (exact) mass is 407 g/mol. The fourth-order valence-electron chi connectivity index (χ4n) is 2.89. The molecule has 0 spiro atoms. The molecule has 0 aliphatic rings. The van der Waals surface area contributed by atoms with E-state index in [-0.39, 0.29) is 0 Å². The Hall–Kier alpha value is -3.32. The number of ether oxygens (including phenoxy) is 2. The molecule has 0 aliphatic carbocycles. The van der Waals surface area contributed by atoms with Crippen LogP contribution in [0.4, 0.5) is 5.69 Å². The van der Waals surface area contributed by atoms with Crippen molar-refractivity contribution in [1.29, 1.82) is 0 Å². The fraction of sp³-hybridized carbons (Fsp3) is 0.182.